The van der Waals surface area contributed by atoms with Gasteiger partial charge >= 0.3 is 11.9 Å². The third-order valence-corrected chi connectivity index (χ3v) is 3.53. The Kier molecular flexibility index (Phi) is 2.09. The molecule has 6 atom stereocenters. The van der Waals surface area contributed by atoms with E-state index in [0.29, 0.717) is 6.29 Å². The molecule has 6 nitrogen and oxygen atoms in total. The van der Waals surface area contributed by atoms with E-state index in [9.17, 15) is 14.4 Å². The largest absolute Gasteiger partial charge is 0.455 e. The van der Waals surface area contributed by atoms with Crippen molar-refractivity contribution >= 4 is 18.2 Å². The molecular weight excluding hydrogens is 228 g/mol. The second-order valence-electron chi connectivity index (χ2n) is 4.31. The molecule has 0 amide bonds. The fraction of sp³-hybridized carbons (Fsp3) is 0.545. The van der Waals surface area contributed by atoms with Gasteiger partial charge in [-0.25, -0.2) is 4.79 Å². The van der Waals surface area contributed by atoms with Crippen LogP contribution in [0, 0.1) is 11.8 Å². The normalized spacial score (nSPS) is 45.5. The van der Waals surface area contributed by atoms with Gasteiger partial charge in [0.15, 0.2) is 12.2 Å². The minimum absolute atomic E-state index is 0.447. The molecule has 3 aliphatic heterocycles. The fourth-order valence-electron chi connectivity index (χ4n) is 2.85. The second kappa shape index (κ2) is 3.40. The lowest BCUT2D eigenvalue weighted by atomic mass is 9.79. The molecule has 0 aromatic carbocycles. The molecule has 0 aromatic heterocycles. The van der Waals surface area contributed by atoms with Gasteiger partial charge in [-0.1, -0.05) is 6.58 Å². The average molecular weight is 238 g/mol. The van der Waals surface area contributed by atoms with E-state index in [1.807, 2.05) is 0 Å². The van der Waals surface area contributed by atoms with Gasteiger partial charge in [0.05, 0.1) is 11.8 Å². The van der Waals surface area contributed by atoms with Crippen LogP contribution < -0.4 is 0 Å². The lowest BCUT2D eigenvalue weighted by molar-refractivity contribution is -0.156. The molecule has 3 saturated heterocycles. The molecule has 0 aliphatic carbocycles. The minimum atomic E-state index is -0.705. The van der Waals surface area contributed by atoms with Crippen LogP contribution in [-0.2, 0) is 28.6 Å². The Labute approximate surface area is 96.5 Å². The molecular formula is C11H10O6. The summed E-state index contributed by atoms with van der Waals surface area (Å²) in [6.07, 6.45) is -0.641. The van der Waals surface area contributed by atoms with Crippen LogP contribution in [0.1, 0.15) is 0 Å². The van der Waals surface area contributed by atoms with Gasteiger partial charge in [-0.05, 0) is 0 Å². The summed E-state index contributed by atoms with van der Waals surface area (Å²) in [5.41, 5.74) is 0. The number of hydrogen-bond donors (Lipinski definition) is 0. The van der Waals surface area contributed by atoms with Crippen LogP contribution in [0.25, 0.3) is 0 Å². The van der Waals surface area contributed by atoms with Gasteiger partial charge in [-0.3, -0.25) is 4.79 Å². The van der Waals surface area contributed by atoms with E-state index in [1.54, 1.807) is 0 Å². The van der Waals surface area contributed by atoms with Crippen molar-refractivity contribution in [2.45, 2.75) is 24.4 Å². The van der Waals surface area contributed by atoms with Gasteiger partial charge in [0, 0.05) is 6.08 Å². The summed E-state index contributed by atoms with van der Waals surface area (Å²) in [4.78, 5) is 33.7. The van der Waals surface area contributed by atoms with Crippen molar-refractivity contribution in [2.24, 2.45) is 11.8 Å². The Morgan fingerprint density at radius 3 is 2.76 bits per heavy atom. The monoisotopic (exact) mass is 238 g/mol. The van der Waals surface area contributed by atoms with E-state index in [4.69, 9.17) is 14.2 Å². The lowest BCUT2D eigenvalue weighted by Gasteiger charge is -2.24. The molecule has 6 heteroatoms. The first kappa shape index (κ1) is 10.5. The van der Waals surface area contributed by atoms with Gasteiger partial charge in [0.1, 0.15) is 18.5 Å². The first-order valence-corrected chi connectivity index (χ1v) is 5.31. The zero-order valence-corrected chi connectivity index (χ0v) is 8.78. The third kappa shape index (κ3) is 1.21. The number of rotatable bonds is 3. The third-order valence-electron chi connectivity index (χ3n) is 3.53. The van der Waals surface area contributed by atoms with Gasteiger partial charge < -0.3 is 19.0 Å². The van der Waals surface area contributed by atoms with E-state index in [2.05, 4.69) is 6.58 Å². The molecule has 3 fully saturated rings. The molecule has 0 saturated carbocycles. The molecule has 0 radical (unpaired) electrons. The number of aldehydes is 1. The minimum Gasteiger partial charge on any atom is -0.455 e. The number of carbonyl (C=O) groups is 3. The lowest BCUT2D eigenvalue weighted by Crippen LogP contribution is -2.45. The molecule has 6 unspecified atom stereocenters. The first-order valence-electron chi connectivity index (χ1n) is 5.31. The number of carbonyl (C=O) groups excluding carboxylic acids is 3. The zero-order valence-electron chi connectivity index (χ0n) is 8.78. The number of fused-ring (bicyclic) bond motifs is 1. The van der Waals surface area contributed by atoms with Crippen LogP contribution in [0.5, 0.6) is 0 Å². The maximum Gasteiger partial charge on any atom is 0.330 e. The summed E-state index contributed by atoms with van der Waals surface area (Å²) in [7, 11) is 0. The molecule has 0 N–H and O–H groups in total. The van der Waals surface area contributed by atoms with Crippen molar-refractivity contribution in [2.75, 3.05) is 0 Å². The maximum atomic E-state index is 11.5. The van der Waals surface area contributed by atoms with Gasteiger partial charge in [-0.2, -0.15) is 0 Å². The van der Waals surface area contributed by atoms with Gasteiger partial charge in [0.2, 0.25) is 0 Å². The van der Waals surface area contributed by atoms with Crippen molar-refractivity contribution in [1.29, 1.82) is 0 Å². The summed E-state index contributed by atoms with van der Waals surface area (Å²) in [6.45, 7) is 3.29. The highest BCUT2D eigenvalue weighted by molar-refractivity contribution is 5.84. The van der Waals surface area contributed by atoms with E-state index in [1.165, 1.54) is 0 Å². The SMILES string of the molecule is C=CC(=O)OC1C2OC3C1OC(=O)C3C2C=O. The van der Waals surface area contributed by atoms with E-state index in [0.717, 1.165) is 6.08 Å². The number of esters is 2. The predicted molar refractivity (Wildman–Crippen MR) is 51.7 cm³/mol. The highest BCUT2D eigenvalue weighted by atomic mass is 16.7. The molecule has 17 heavy (non-hydrogen) atoms. The summed E-state index contributed by atoms with van der Waals surface area (Å²) >= 11 is 0. The quantitative estimate of drug-likeness (QED) is 0.364. The zero-order chi connectivity index (χ0) is 12.2. The number of hydrogen-bond acceptors (Lipinski definition) is 6. The highest BCUT2D eigenvalue weighted by Crippen LogP contribution is 2.50. The second-order valence-corrected chi connectivity index (χ2v) is 4.31. The number of ether oxygens (including phenoxy) is 3. The molecule has 0 aromatic rings. The molecule has 0 spiro atoms. The van der Waals surface area contributed by atoms with Crippen LogP contribution in [0.15, 0.2) is 12.7 Å². The predicted octanol–water partition coefficient (Wildman–Crippen LogP) is -0.778. The Balaban J connectivity index is 1.89. The average Bonchev–Trinajstić information content (AvgIpc) is 2.91. The van der Waals surface area contributed by atoms with Gasteiger partial charge in [0.25, 0.3) is 0 Å². The topological polar surface area (TPSA) is 78.9 Å². The van der Waals surface area contributed by atoms with E-state index in [-0.39, 0.29) is 0 Å². The highest BCUT2D eigenvalue weighted by Gasteiger charge is 2.69. The summed E-state index contributed by atoms with van der Waals surface area (Å²) < 4.78 is 15.7. The van der Waals surface area contributed by atoms with Crippen LogP contribution >= 0.6 is 0 Å². The van der Waals surface area contributed by atoms with Crippen molar-refractivity contribution < 1.29 is 28.6 Å². The summed E-state index contributed by atoms with van der Waals surface area (Å²) in [5, 5.41) is 0. The first-order chi connectivity index (χ1) is 8.17. The molecule has 90 valence electrons. The van der Waals surface area contributed by atoms with Crippen molar-refractivity contribution in [1.82, 2.24) is 0 Å². The van der Waals surface area contributed by atoms with Crippen molar-refractivity contribution in [3.63, 3.8) is 0 Å². The Hall–Kier alpha value is -1.69. The van der Waals surface area contributed by atoms with Crippen LogP contribution in [0.3, 0.4) is 0 Å². The summed E-state index contributed by atoms with van der Waals surface area (Å²) in [5.74, 6) is -2.19. The van der Waals surface area contributed by atoms with Crippen LogP contribution in [0.2, 0.25) is 0 Å². The maximum absolute atomic E-state index is 11.5. The van der Waals surface area contributed by atoms with Crippen LogP contribution in [0.4, 0.5) is 0 Å². The molecule has 3 rings (SSSR count). The van der Waals surface area contributed by atoms with Crippen molar-refractivity contribution in [3.8, 4) is 0 Å². The summed E-state index contributed by atoms with van der Waals surface area (Å²) in [6, 6.07) is 0. The van der Waals surface area contributed by atoms with Crippen molar-refractivity contribution in [3.05, 3.63) is 12.7 Å². The van der Waals surface area contributed by atoms with Crippen LogP contribution in [-0.4, -0.2) is 42.6 Å². The Morgan fingerprint density at radius 1 is 1.35 bits per heavy atom. The standard InChI is InChI=1S/C11H10O6/c1-2-5(13)15-9-7-4(3-12)6-8(16-7)10(9)17-11(6)14/h2-4,6-10H,1H2. The van der Waals surface area contributed by atoms with Gasteiger partial charge in [-0.15, -0.1) is 0 Å². The molecule has 2 bridgehead atoms. The van der Waals surface area contributed by atoms with E-state index >= 15 is 0 Å². The molecule has 3 aliphatic rings. The Morgan fingerprint density at radius 2 is 2.12 bits per heavy atom. The van der Waals surface area contributed by atoms with E-state index < -0.39 is 48.2 Å². The fourth-order valence-corrected chi connectivity index (χ4v) is 2.85. The smallest absolute Gasteiger partial charge is 0.330 e. The Bertz CT molecular complexity index is 416. The molecule has 3 heterocycles.